The highest BCUT2D eigenvalue weighted by atomic mass is 32.2. The van der Waals surface area contributed by atoms with E-state index in [1.807, 2.05) is 0 Å². The van der Waals surface area contributed by atoms with Crippen LogP contribution in [0.5, 0.6) is 5.75 Å². The Balaban J connectivity index is 3.05. The van der Waals surface area contributed by atoms with Crippen molar-refractivity contribution in [3.8, 4) is 5.75 Å². The predicted octanol–water partition coefficient (Wildman–Crippen LogP) is -0.00370. The van der Waals surface area contributed by atoms with Crippen LogP contribution >= 0.6 is 0 Å². The van der Waals surface area contributed by atoms with E-state index in [-0.39, 0.29) is 0 Å². The van der Waals surface area contributed by atoms with Crippen molar-refractivity contribution >= 4 is 16.0 Å². The quantitative estimate of drug-likeness (QED) is 0.586. The van der Waals surface area contributed by atoms with Crippen LogP contribution in [0.2, 0.25) is 0 Å². The molecule has 0 unspecified atom stereocenters. The van der Waals surface area contributed by atoms with Gasteiger partial charge in [-0.3, -0.25) is 0 Å². The number of carboxylic acids is 1. The van der Waals surface area contributed by atoms with E-state index >= 15 is 0 Å². The molecule has 1 rings (SSSR count). The number of halogens is 2. The van der Waals surface area contributed by atoms with Gasteiger partial charge in [0, 0.05) is 0 Å². The number of nitrogens with one attached hydrogen (secondary N) is 1. The van der Waals surface area contributed by atoms with Gasteiger partial charge in [0.15, 0.2) is 0 Å². The number of aliphatic hydroxyl groups is 1. The van der Waals surface area contributed by atoms with Crippen LogP contribution in [0, 0.1) is 0 Å². The molecule has 0 fully saturated rings. The van der Waals surface area contributed by atoms with E-state index in [1.54, 1.807) is 0 Å². The summed E-state index contributed by atoms with van der Waals surface area (Å²) in [6.07, 6.45) is 0. The second kappa shape index (κ2) is 5.69. The molecule has 0 aliphatic carbocycles. The number of alkyl halides is 2. The van der Waals surface area contributed by atoms with Gasteiger partial charge >= 0.3 is 5.97 Å². The average Bonchev–Trinajstić information content (AvgIpc) is 2.36. The summed E-state index contributed by atoms with van der Waals surface area (Å²) >= 11 is 0. The van der Waals surface area contributed by atoms with Gasteiger partial charge < -0.3 is 15.3 Å². The molecule has 0 atom stereocenters. The zero-order valence-electron chi connectivity index (χ0n) is 9.88. The van der Waals surface area contributed by atoms with Crippen molar-refractivity contribution in [2.24, 2.45) is 0 Å². The highest BCUT2D eigenvalue weighted by Gasteiger charge is 2.30. The van der Waals surface area contributed by atoms with Crippen LogP contribution in [0.25, 0.3) is 0 Å². The lowest BCUT2D eigenvalue weighted by atomic mass is 10.2. The van der Waals surface area contributed by atoms with Gasteiger partial charge in [0.25, 0.3) is 5.92 Å². The number of rotatable bonds is 6. The molecule has 0 radical (unpaired) electrons. The Bertz CT molecular complexity index is 616. The van der Waals surface area contributed by atoms with E-state index in [2.05, 4.69) is 0 Å². The molecular formula is C10H11F2NO6S. The molecule has 0 spiro atoms. The van der Waals surface area contributed by atoms with Crippen LogP contribution in [0.3, 0.4) is 0 Å². The lowest BCUT2D eigenvalue weighted by Gasteiger charge is -2.14. The minimum absolute atomic E-state index is 0.596. The Morgan fingerprint density at radius 2 is 1.95 bits per heavy atom. The molecule has 1 aromatic rings. The summed E-state index contributed by atoms with van der Waals surface area (Å²) in [5, 5.41) is 26.3. The van der Waals surface area contributed by atoms with Crippen LogP contribution < -0.4 is 4.72 Å². The van der Waals surface area contributed by atoms with Crippen molar-refractivity contribution in [1.29, 1.82) is 0 Å². The lowest BCUT2D eigenvalue weighted by molar-refractivity contribution is -0.0437. The number of hydrogen-bond donors (Lipinski definition) is 4. The number of aliphatic hydroxyl groups excluding tert-OH is 1. The number of aromatic carboxylic acids is 1. The topological polar surface area (TPSA) is 124 Å². The number of benzene rings is 1. The van der Waals surface area contributed by atoms with E-state index in [0.717, 1.165) is 12.1 Å². The molecule has 7 nitrogen and oxygen atoms in total. The van der Waals surface area contributed by atoms with Crippen LogP contribution in [-0.4, -0.2) is 48.8 Å². The molecule has 0 bridgehead atoms. The third-order valence-corrected chi connectivity index (χ3v) is 3.66. The lowest BCUT2D eigenvalue weighted by Crippen LogP contribution is -2.38. The summed E-state index contributed by atoms with van der Waals surface area (Å²) in [6, 6.07) is 2.32. The zero-order valence-corrected chi connectivity index (χ0v) is 10.7. The highest BCUT2D eigenvalue weighted by Crippen LogP contribution is 2.21. The number of aromatic hydroxyl groups is 1. The molecule has 4 N–H and O–H groups in total. The molecule has 10 heteroatoms. The van der Waals surface area contributed by atoms with Crippen molar-refractivity contribution in [2.45, 2.75) is 10.8 Å². The largest absolute Gasteiger partial charge is 0.507 e. The fraction of sp³-hybridized carbons (Fsp3) is 0.300. The van der Waals surface area contributed by atoms with Crippen LogP contribution in [0.1, 0.15) is 10.4 Å². The molecule has 0 heterocycles. The average molecular weight is 311 g/mol. The van der Waals surface area contributed by atoms with Crippen LogP contribution in [0.4, 0.5) is 8.78 Å². The third kappa shape index (κ3) is 3.85. The molecule has 112 valence electrons. The van der Waals surface area contributed by atoms with Crippen LogP contribution in [-0.2, 0) is 10.0 Å². The summed E-state index contributed by atoms with van der Waals surface area (Å²) in [4.78, 5) is 10.1. The molecule has 20 heavy (non-hydrogen) atoms. The van der Waals surface area contributed by atoms with E-state index in [4.69, 9.17) is 10.2 Å². The molecule has 0 aliphatic rings. The first kappa shape index (κ1) is 16.3. The van der Waals surface area contributed by atoms with Crippen LogP contribution in [0.15, 0.2) is 23.1 Å². The first-order valence-electron chi connectivity index (χ1n) is 5.14. The fourth-order valence-electron chi connectivity index (χ4n) is 1.19. The monoisotopic (exact) mass is 311 g/mol. The highest BCUT2D eigenvalue weighted by molar-refractivity contribution is 7.89. The number of phenols is 1. The SMILES string of the molecule is O=C(O)c1cc(S(=O)(=O)NCC(F)(F)CO)ccc1O. The van der Waals surface area contributed by atoms with Crippen molar-refractivity contribution in [1.82, 2.24) is 4.72 Å². The summed E-state index contributed by atoms with van der Waals surface area (Å²) < 4.78 is 50.4. The van der Waals surface area contributed by atoms with Crippen molar-refractivity contribution < 1.29 is 37.3 Å². The summed E-state index contributed by atoms with van der Waals surface area (Å²) in [7, 11) is -4.39. The van der Waals surface area contributed by atoms with E-state index in [1.165, 1.54) is 4.72 Å². The van der Waals surface area contributed by atoms with E-state index in [0.29, 0.717) is 6.07 Å². The molecule has 1 aromatic carbocycles. The molecule has 0 amide bonds. The molecular weight excluding hydrogens is 300 g/mol. The summed E-state index contributed by atoms with van der Waals surface area (Å²) in [5.41, 5.74) is -0.679. The Hall–Kier alpha value is -1.78. The standard InChI is InChI=1S/C10H11F2NO6S/c11-10(12,5-14)4-13-20(18,19)6-1-2-8(15)7(3-6)9(16)17/h1-3,13-15H,4-5H2,(H,16,17). The van der Waals surface area contributed by atoms with Gasteiger partial charge in [-0.1, -0.05) is 0 Å². The molecule has 0 aliphatic heterocycles. The number of carbonyl (C=O) groups is 1. The molecule has 0 aromatic heterocycles. The minimum atomic E-state index is -4.39. The Labute approximate surface area is 112 Å². The normalized spacial score (nSPS) is 12.3. The van der Waals surface area contributed by atoms with Gasteiger partial charge in [-0.2, -0.15) is 0 Å². The molecule has 0 saturated heterocycles. The van der Waals surface area contributed by atoms with Gasteiger partial charge in [0.05, 0.1) is 11.4 Å². The first-order valence-corrected chi connectivity index (χ1v) is 6.62. The van der Waals surface area contributed by atoms with Gasteiger partial charge in [-0.15, -0.1) is 0 Å². The maximum Gasteiger partial charge on any atom is 0.339 e. The van der Waals surface area contributed by atoms with Crippen molar-refractivity contribution in [3.05, 3.63) is 23.8 Å². The summed E-state index contributed by atoms with van der Waals surface area (Å²) in [5.74, 6) is -5.86. The second-order valence-electron chi connectivity index (χ2n) is 3.82. The van der Waals surface area contributed by atoms with Gasteiger partial charge in [0.1, 0.15) is 17.9 Å². The first-order chi connectivity index (χ1) is 9.09. The predicted molar refractivity (Wildman–Crippen MR) is 62.3 cm³/mol. The van der Waals surface area contributed by atoms with Gasteiger partial charge in [-0.25, -0.2) is 26.7 Å². The van der Waals surface area contributed by atoms with Crippen molar-refractivity contribution in [2.75, 3.05) is 13.2 Å². The smallest absolute Gasteiger partial charge is 0.339 e. The third-order valence-electron chi connectivity index (χ3n) is 2.26. The Kier molecular flexibility index (Phi) is 4.63. The minimum Gasteiger partial charge on any atom is -0.507 e. The Morgan fingerprint density at radius 1 is 1.35 bits per heavy atom. The maximum atomic E-state index is 12.8. The number of hydrogen-bond acceptors (Lipinski definition) is 5. The van der Waals surface area contributed by atoms with E-state index in [9.17, 15) is 27.1 Å². The number of carboxylic acid groups (broad SMARTS) is 1. The zero-order chi connectivity index (χ0) is 15.6. The molecule has 0 saturated carbocycles. The van der Waals surface area contributed by atoms with Gasteiger partial charge in [0.2, 0.25) is 10.0 Å². The Morgan fingerprint density at radius 3 is 2.45 bits per heavy atom. The van der Waals surface area contributed by atoms with E-state index < -0.39 is 51.3 Å². The van der Waals surface area contributed by atoms with Crippen molar-refractivity contribution in [3.63, 3.8) is 0 Å². The fourth-order valence-corrected chi connectivity index (χ4v) is 2.28. The number of sulfonamides is 1. The maximum absolute atomic E-state index is 12.8. The van der Waals surface area contributed by atoms with Gasteiger partial charge in [-0.05, 0) is 18.2 Å². The summed E-state index contributed by atoms with van der Waals surface area (Å²) in [6.45, 7) is -2.87. The second-order valence-corrected chi connectivity index (χ2v) is 5.59.